The molecule has 4 nitrogen and oxygen atoms in total. The Kier molecular flexibility index (Phi) is 3.94. The highest BCUT2D eigenvalue weighted by molar-refractivity contribution is 7.10. The summed E-state index contributed by atoms with van der Waals surface area (Å²) in [4.78, 5) is 28.7. The molecule has 1 saturated heterocycles. The third-order valence-corrected chi connectivity index (χ3v) is 4.88. The van der Waals surface area contributed by atoms with Gasteiger partial charge in [0.15, 0.2) is 0 Å². The van der Waals surface area contributed by atoms with Crippen molar-refractivity contribution in [1.29, 1.82) is 0 Å². The van der Waals surface area contributed by atoms with E-state index in [4.69, 9.17) is 0 Å². The van der Waals surface area contributed by atoms with Crippen LogP contribution >= 0.6 is 11.3 Å². The van der Waals surface area contributed by atoms with Gasteiger partial charge in [-0.15, -0.1) is 11.3 Å². The summed E-state index contributed by atoms with van der Waals surface area (Å²) >= 11 is 1.62. The second kappa shape index (κ2) is 5.33. The van der Waals surface area contributed by atoms with Crippen molar-refractivity contribution in [2.45, 2.75) is 26.2 Å². The predicted octanol–water partition coefficient (Wildman–Crippen LogP) is 1.72. The molecule has 1 aliphatic heterocycles. The molecule has 1 aromatic heterocycles. The van der Waals surface area contributed by atoms with E-state index in [0.29, 0.717) is 26.2 Å². The average Bonchev–Trinajstić information content (AvgIpc) is 2.92. The van der Waals surface area contributed by atoms with Crippen LogP contribution in [-0.2, 0) is 15.0 Å². The topological polar surface area (TPSA) is 40.6 Å². The van der Waals surface area contributed by atoms with Gasteiger partial charge in [-0.2, -0.15) is 0 Å². The SMILES string of the molecule is CC(=O)N1CCN(C(=O)C(C)(C)c2cccs2)CC1. The van der Waals surface area contributed by atoms with E-state index < -0.39 is 5.41 Å². The monoisotopic (exact) mass is 280 g/mol. The molecular weight excluding hydrogens is 260 g/mol. The van der Waals surface area contributed by atoms with Crippen molar-refractivity contribution >= 4 is 23.2 Å². The Balaban J connectivity index is 2.04. The Morgan fingerprint density at radius 3 is 2.21 bits per heavy atom. The van der Waals surface area contributed by atoms with Crippen LogP contribution in [0.1, 0.15) is 25.6 Å². The first kappa shape index (κ1) is 14.1. The first-order chi connectivity index (χ1) is 8.93. The van der Waals surface area contributed by atoms with Gasteiger partial charge in [0.25, 0.3) is 0 Å². The molecule has 0 saturated carbocycles. The van der Waals surface area contributed by atoms with Crippen LogP contribution in [0.5, 0.6) is 0 Å². The van der Waals surface area contributed by atoms with Crippen molar-refractivity contribution in [3.8, 4) is 0 Å². The minimum Gasteiger partial charge on any atom is -0.339 e. The zero-order valence-electron chi connectivity index (χ0n) is 11.7. The van der Waals surface area contributed by atoms with Crippen LogP contribution in [0, 0.1) is 0 Å². The Morgan fingerprint density at radius 1 is 1.16 bits per heavy atom. The van der Waals surface area contributed by atoms with Crippen molar-refractivity contribution in [1.82, 2.24) is 9.80 Å². The van der Waals surface area contributed by atoms with Crippen LogP contribution in [0.3, 0.4) is 0 Å². The molecule has 0 aliphatic carbocycles. The van der Waals surface area contributed by atoms with Crippen LogP contribution in [-0.4, -0.2) is 47.8 Å². The van der Waals surface area contributed by atoms with Crippen molar-refractivity contribution in [2.75, 3.05) is 26.2 Å². The number of nitrogens with zero attached hydrogens (tertiary/aromatic N) is 2. The molecule has 0 unspecified atom stereocenters. The molecule has 0 spiro atoms. The molecule has 104 valence electrons. The molecule has 2 amide bonds. The van der Waals surface area contributed by atoms with Crippen molar-refractivity contribution in [2.24, 2.45) is 0 Å². The van der Waals surface area contributed by atoms with E-state index in [1.165, 1.54) is 0 Å². The van der Waals surface area contributed by atoms with Gasteiger partial charge in [0.2, 0.25) is 11.8 Å². The highest BCUT2D eigenvalue weighted by Gasteiger charge is 2.36. The molecule has 0 N–H and O–H groups in total. The van der Waals surface area contributed by atoms with Gasteiger partial charge in [-0.1, -0.05) is 6.07 Å². The Morgan fingerprint density at radius 2 is 1.74 bits per heavy atom. The maximum atomic E-state index is 12.6. The summed E-state index contributed by atoms with van der Waals surface area (Å²) in [6.45, 7) is 8.06. The summed E-state index contributed by atoms with van der Waals surface area (Å²) in [6.07, 6.45) is 0. The summed E-state index contributed by atoms with van der Waals surface area (Å²) in [5.41, 5.74) is -0.480. The summed E-state index contributed by atoms with van der Waals surface area (Å²) < 4.78 is 0. The second-order valence-corrected chi connectivity index (χ2v) is 6.35. The largest absolute Gasteiger partial charge is 0.339 e. The lowest BCUT2D eigenvalue weighted by Crippen LogP contribution is -2.53. The lowest BCUT2D eigenvalue weighted by atomic mass is 9.89. The van der Waals surface area contributed by atoms with Gasteiger partial charge in [0, 0.05) is 38.0 Å². The summed E-state index contributed by atoms with van der Waals surface area (Å²) in [5.74, 6) is 0.239. The van der Waals surface area contributed by atoms with Crippen LogP contribution in [0.15, 0.2) is 17.5 Å². The van der Waals surface area contributed by atoms with E-state index in [2.05, 4.69) is 0 Å². The minimum absolute atomic E-state index is 0.0876. The maximum absolute atomic E-state index is 12.6. The van der Waals surface area contributed by atoms with Crippen LogP contribution in [0.2, 0.25) is 0 Å². The summed E-state index contributed by atoms with van der Waals surface area (Å²) in [5, 5.41) is 2.00. The molecule has 1 fully saturated rings. The molecule has 19 heavy (non-hydrogen) atoms. The first-order valence-corrected chi connectivity index (χ1v) is 7.40. The highest BCUT2D eigenvalue weighted by atomic mass is 32.1. The molecule has 0 atom stereocenters. The number of thiophene rings is 1. The Hall–Kier alpha value is -1.36. The lowest BCUT2D eigenvalue weighted by Gasteiger charge is -2.38. The number of carbonyl (C=O) groups excluding carboxylic acids is 2. The summed E-state index contributed by atoms with van der Waals surface area (Å²) in [6, 6.07) is 3.98. The van der Waals surface area contributed by atoms with Gasteiger partial charge >= 0.3 is 0 Å². The number of hydrogen-bond acceptors (Lipinski definition) is 3. The lowest BCUT2D eigenvalue weighted by molar-refractivity contribution is -0.141. The minimum atomic E-state index is -0.480. The van der Waals surface area contributed by atoms with E-state index in [0.717, 1.165) is 4.88 Å². The van der Waals surface area contributed by atoms with Crippen molar-refractivity contribution < 1.29 is 9.59 Å². The van der Waals surface area contributed by atoms with Gasteiger partial charge in [-0.3, -0.25) is 9.59 Å². The number of amides is 2. The predicted molar refractivity (Wildman–Crippen MR) is 76.2 cm³/mol. The van der Waals surface area contributed by atoms with Gasteiger partial charge < -0.3 is 9.80 Å². The smallest absolute Gasteiger partial charge is 0.233 e. The van der Waals surface area contributed by atoms with E-state index in [1.54, 1.807) is 23.2 Å². The molecule has 2 heterocycles. The van der Waals surface area contributed by atoms with Crippen LogP contribution in [0.4, 0.5) is 0 Å². The van der Waals surface area contributed by atoms with Crippen LogP contribution in [0.25, 0.3) is 0 Å². The Bertz CT molecular complexity index is 460. The van der Waals surface area contributed by atoms with E-state index >= 15 is 0 Å². The zero-order chi connectivity index (χ0) is 14.0. The van der Waals surface area contributed by atoms with Gasteiger partial charge in [-0.05, 0) is 25.3 Å². The quantitative estimate of drug-likeness (QED) is 0.827. The standard InChI is InChI=1S/C14H20N2O2S/c1-11(17)15-6-8-16(9-7-15)13(18)14(2,3)12-5-4-10-19-12/h4-5,10H,6-9H2,1-3H3. The number of rotatable bonds is 2. The second-order valence-electron chi connectivity index (χ2n) is 5.40. The zero-order valence-corrected chi connectivity index (χ0v) is 12.5. The fraction of sp³-hybridized carbons (Fsp3) is 0.571. The van der Waals surface area contributed by atoms with E-state index in [9.17, 15) is 9.59 Å². The fourth-order valence-corrected chi connectivity index (χ4v) is 3.20. The van der Waals surface area contributed by atoms with Gasteiger partial charge in [0.1, 0.15) is 0 Å². The van der Waals surface area contributed by atoms with Crippen molar-refractivity contribution in [3.63, 3.8) is 0 Å². The molecular formula is C14H20N2O2S. The number of carbonyl (C=O) groups is 2. The molecule has 5 heteroatoms. The van der Waals surface area contributed by atoms with Crippen LogP contribution < -0.4 is 0 Å². The normalized spacial score (nSPS) is 16.6. The maximum Gasteiger partial charge on any atom is 0.233 e. The third-order valence-electron chi connectivity index (χ3n) is 3.68. The molecule has 2 rings (SSSR count). The Labute approximate surface area is 118 Å². The third kappa shape index (κ3) is 2.81. The molecule has 0 radical (unpaired) electrons. The summed E-state index contributed by atoms with van der Waals surface area (Å²) in [7, 11) is 0. The molecule has 1 aliphatic rings. The van der Waals surface area contributed by atoms with Crippen molar-refractivity contribution in [3.05, 3.63) is 22.4 Å². The highest BCUT2D eigenvalue weighted by Crippen LogP contribution is 2.29. The van der Waals surface area contributed by atoms with Gasteiger partial charge in [-0.25, -0.2) is 0 Å². The van der Waals surface area contributed by atoms with Gasteiger partial charge in [0.05, 0.1) is 5.41 Å². The first-order valence-electron chi connectivity index (χ1n) is 6.52. The number of hydrogen-bond donors (Lipinski definition) is 0. The molecule has 0 bridgehead atoms. The fourth-order valence-electron chi connectivity index (χ4n) is 2.36. The molecule has 1 aromatic rings. The molecule has 0 aromatic carbocycles. The average molecular weight is 280 g/mol. The number of piperazine rings is 1. The van der Waals surface area contributed by atoms with E-state index in [-0.39, 0.29) is 11.8 Å². The van der Waals surface area contributed by atoms with E-state index in [1.807, 2.05) is 36.3 Å².